The summed E-state index contributed by atoms with van der Waals surface area (Å²) in [6.45, 7) is 7.09. The first kappa shape index (κ1) is 18.7. The minimum atomic E-state index is -0.422. The minimum Gasteiger partial charge on any atom is -0.369 e. The van der Waals surface area contributed by atoms with E-state index in [1.165, 1.54) is 11.6 Å². The minimum absolute atomic E-state index is 0.192. The fraction of sp³-hybridized carbons (Fsp3) is 0.350. The number of amides is 1. The first-order valence-corrected chi connectivity index (χ1v) is 9.14. The Morgan fingerprint density at radius 3 is 2.54 bits per heavy atom. The van der Waals surface area contributed by atoms with E-state index in [-0.39, 0.29) is 17.6 Å². The van der Waals surface area contributed by atoms with Crippen molar-refractivity contribution in [3.63, 3.8) is 0 Å². The number of hydrogen-bond acceptors (Lipinski definition) is 3. The van der Waals surface area contributed by atoms with Gasteiger partial charge >= 0.3 is 0 Å². The summed E-state index contributed by atoms with van der Waals surface area (Å²) in [5.74, 6) is -0.614. The van der Waals surface area contributed by atoms with Crippen LogP contribution in [0.5, 0.6) is 0 Å². The summed E-state index contributed by atoms with van der Waals surface area (Å²) in [5.41, 5.74) is 2.55. The number of nitrogens with zero attached hydrogens (tertiary/aromatic N) is 2. The van der Waals surface area contributed by atoms with Gasteiger partial charge in [0.25, 0.3) is 0 Å². The smallest absolute Gasteiger partial charge is 0.241 e. The molecule has 138 valence electrons. The van der Waals surface area contributed by atoms with Crippen LogP contribution in [0.4, 0.5) is 15.8 Å². The second-order valence-corrected chi connectivity index (χ2v) is 7.04. The molecule has 0 aliphatic carbocycles. The van der Waals surface area contributed by atoms with Crippen LogP contribution < -0.4 is 10.2 Å². The van der Waals surface area contributed by atoms with Crippen LogP contribution >= 0.6 is 11.6 Å². The van der Waals surface area contributed by atoms with Crippen molar-refractivity contribution in [1.82, 2.24) is 4.90 Å². The number of aryl methyl sites for hydroxylation is 1. The molecule has 0 spiro atoms. The molecule has 1 heterocycles. The molecule has 1 aliphatic heterocycles. The zero-order valence-corrected chi connectivity index (χ0v) is 15.8. The van der Waals surface area contributed by atoms with Crippen LogP contribution in [-0.4, -0.2) is 43.0 Å². The van der Waals surface area contributed by atoms with Crippen LogP contribution in [0.2, 0.25) is 5.02 Å². The largest absolute Gasteiger partial charge is 0.369 e. The summed E-state index contributed by atoms with van der Waals surface area (Å²) in [6, 6.07) is 11.8. The van der Waals surface area contributed by atoms with Gasteiger partial charge in [-0.1, -0.05) is 29.8 Å². The van der Waals surface area contributed by atoms with E-state index in [0.717, 1.165) is 36.9 Å². The molecule has 2 aromatic rings. The van der Waals surface area contributed by atoms with Gasteiger partial charge in [-0.15, -0.1) is 0 Å². The van der Waals surface area contributed by atoms with E-state index in [1.54, 1.807) is 18.2 Å². The molecule has 0 radical (unpaired) electrons. The molecule has 0 unspecified atom stereocenters. The number of piperazine rings is 1. The molecule has 1 saturated heterocycles. The Morgan fingerprint density at radius 1 is 1.15 bits per heavy atom. The molecule has 0 saturated carbocycles. The molecule has 1 atom stereocenters. The quantitative estimate of drug-likeness (QED) is 0.879. The van der Waals surface area contributed by atoms with Crippen molar-refractivity contribution in [2.45, 2.75) is 19.9 Å². The van der Waals surface area contributed by atoms with Crippen LogP contribution in [0.25, 0.3) is 0 Å². The molecular weight excluding hydrogens is 353 g/mol. The van der Waals surface area contributed by atoms with Gasteiger partial charge in [0.15, 0.2) is 0 Å². The van der Waals surface area contributed by atoms with E-state index in [9.17, 15) is 9.18 Å². The Balaban J connectivity index is 1.59. The number of halogens is 2. The molecule has 0 aromatic heterocycles. The van der Waals surface area contributed by atoms with Crippen molar-refractivity contribution in [2.75, 3.05) is 36.4 Å². The number of carbonyl (C=O) groups excluding carboxylic acids is 1. The molecule has 6 heteroatoms. The highest BCUT2D eigenvalue weighted by molar-refractivity contribution is 6.30. The molecule has 0 bridgehead atoms. The molecule has 4 nitrogen and oxygen atoms in total. The number of benzene rings is 2. The standard InChI is InChI=1S/C20H23ClFN3O/c1-14-7-8-16(21)13-19(14)25-11-9-24(10-12-25)15(2)20(26)23-18-6-4-3-5-17(18)22/h3-8,13,15H,9-12H2,1-2H3,(H,23,26)/t15-/m0/s1. The van der Waals surface area contributed by atoms with Crippen molar-refractivity contribution in [2.24, 2.45) is 0 Å². The van der Waals surface area contributed by atoms with E-state index in [4.69, 9.17) is 11.6 Å². The number of carbonyl (C=O) groups is 1. The highest BCUT2D eigenvalue weighted by Crippen LogP contribution is 2.25. The fourth-order valence-electron chi connectivity index (χ4n) is 3.24. The van der Waals surface area contributed by atoms with Crippen molar-refractivity contribution < 1.29 is 9.18 Å². The Kier molecular flexibility index (Phi) is 5.79. The van der Waals surface area contributed by atoms with Crippen molar-refractivity contribution >= 4 is 28.9 Å². The number of nitrogens with one attached hydrogen (secondary N) is 1. The summed E-state index contributed by atoms with van der Waals surface area (Å²) in [6.07, 6.45) is 0. The molecule has 1 fully saturated rings. The predicted molar refractivity (Wildman–Crippen MR) is 104 cm³/mol. The van der Waals surface area contributed by atoms with Crippen molar-refractivity contribution in [1.29, 1.82) is 0 Å². The van der Waals surface area contributed by atoms with E-state index in [2.05, 4.69) is 22.0 Å². The van der Waals surface area contributed by atoms with Crippen molar-refractivity contribution in [3.05, 3.63) is 58.9 Å². The van der Waals surface area contributed by atoms with Gasteiger partial charge in [0, 0.05) is 36.9 Å². The number of hydrogen-bond donors (Lipinski definition) is 1. The molecule has 26 heavy (non-hydrogen) atoms. The van der Waals surface area contributed by atoms with E-state index < -0.39 is 5.82 Å². The summed E-state index contributed by atoms with van der Waals surface area (Å²) in [5, 5.41) is 3.41. The predicted octanol–water partition coefficient (Wildman–Crippen LogP) is 3.94. The highest BCUT2D eigenvalue weighted by atomic mass is 35.5. The van der Waals surface area contributed by atoms with E-state index in [1.807, 2.05) is 25.1 Å². The maximum atomic E-state index is 13.7. The second-order valence-electron chi connectivity index (χ2n) is 6.60. The average molecular weight is 376 g/mol. The third-order valence-electron chi connectivity index (χ3n) is 4.89. The highest BCUT2D eigenvalue weighted by Gasteiger charge is 2.26. The third kappa shape index (κ3) is 4.17. The molecule has 1 amide bonds. The van der Waals surface area contributed by atoms with Gasteiger partial charge in [-0.05, 0) is 43.7 Å². The lowest BCUT2D eigenvalue weighted by atomic mass is 10.1. The summed E-state index contributed by atoms with van der Waals surface area (Å²) < 4.78 is 13.7. The van der Waals surface area contributed by atoms with Gasteiger partial charge in [0.1, 0.15) is 5.82 Å². The molecule has 3 rings (SSSR count). The van der Waals surface area contributed by atoms with Gasteiger partial charge in [-0.2, -0.15) is 0 Å². The van der Waals surface area contributed by atoms with Crippen LogP contribution in [0.1, 0.15) is 12.5 Å². The third-order valence-corrected chi connectivity index (χ3v) is 5.12. The SMILES string of the molecule is Cc1ccc(Cl)cc1N1CCN([C@@H](C)C(=O)Nc2ccccc2F)CC1. The van der Waals surface area contributed by atoms with Gasteiger partial charge < -0.3 is 10.2 Å². The Labute approximate surface area is 158 Å². The fourth-order valence-corrected chi connectivity index (χ4v) is 3.41. The van der Waals surface area contributed by atoms with Gasteiger partial charge in [-0.25, -0.2) is 4.39 Å². The lowest BCUT2D eigenvalue weighted by molar-refractivity contribution is -0.120. The summed E-state index contributed by atoms with van der Waals surface area (Å²) >= 11 is 6.13. The number of rotatable bonds is 4. The van der Waals surface area contributed by atoms with Gasteiger partial charge in [0.05, 0.1) is 11.7 Å². The molecular formula is C20H23ClFN3O. The maximum absolute atomic E-state index is 13.7. The van der Waals surface area contributed by atoms with Crippen LogP contribution in [0.15, 0.2) is 42.5 Å². The topological polar surface area (TPSA) is 35.6 Å². The first-order valence-electron chi connectivity index (χ1n) is 8.76. The maximum Gasteiger partial charge on any atom is 0.241 e. The zero-order chi connectivity index (χ0) is 18.7. The summed E-state index contributed by atoms with van der Waals surface area (Å²) in [7, 11) is 0. The zero-order valence-electron chi connectivity index (χ0n) is 15.0. The van der Waals surface area contributed by atoms with E-state index in [0.29, 0.717) is 0 Å². The van der Waals surface area contributed by atoms with E-state index >= 15 is 0 Å². The first-order chi connectivity index (χ1) is 12.5. The number of para-hydroxylation sites is 1. The lowest BCUT2D eigenvalue weighted by Crippen LogP contribution is -2.53. The van der Waals surface area contributed by atoms with Crippen LogP contribution in [0.3, 0.4) is 0 Å². The molecule has 2 aromatic carbocycles. The summed E-state index contributed by atoms with van der Waals surface area (Å²) in [4.78, 5) is 16.9. The average Bonchev–Trinajstić information content (AvgIpc) is 2.65. The lowest BCUT2D eigenvalue weighted by Gasteiger charge is -2.39. The normalized spacial score (nSPS) is 16.4. The second kappa shape index (κ2) is 8.06. The monoisotopic (exact) mass is 375 g/mol. The van der Waals surface area contributed by atoms with Crippen LogP contribution in [0, 0.1) is 12.7 Å². The number of anilines is 2. The van der Waals surface area contributed by atoms with Crippen molar-refractivity contribution in [3.8, 4) is 0 Å². The Hall–Kier alpha value is -2.11. The van der Waals surface area contributed by atoms with Gasteiger partial charge in [-0.3, -0.25) is 9.69 Å². The van der Waals surface area contributed by atoms with Crippen LogP contribution in [-0.2, 0) is 4.79 Å². The Morgan fingerprint density at radius 2 is 1.85 bits per heavy atom. The molecule has 1 N–H and O–H groups in total. The molecule has 1 aliphatic rings. The Bertz CT molecular complexity index is 790. The van der Waals surface area contributed by atoms with Gasteiger partial charge in [0.2, 0.25) is 5.91 Å².